The molecule has 3 heterocycles. The van der Waals surface area contributed by atoms with Crippen LogP contribution in [-0.2, 0) is 19.9 Å². The quantitative estimate of drug-likeness (QED) is 0.658. The average Bonchev–Trinajstić information content (AvgIpc) is 2.89. The Morgan fingerprint density at radius 2 is 1.72 bits per heavy atom. The van der Waals surface area contributed by atoms with Crippen molar-refractivity contribution < 1.29 is 4.79 Å². The summed E-state index contributed by atoms with van der Waals surface area (Å²) in [5.74, 6) is 0.183. The van der Waals surface area contributed by atoms with E-state index < -0.39 is 0 Å². The fourth-order valence-electron chi connectivity index (χ4n) is 5.24. The lowest BCUT2D eigenvalue weighted by atomic mass is 10.0. The van der Waals surface area contributed by atoms with Crippen molar-refractivity contribution in [1.29, 1.82) is 0 Å². The van der Waals surface area contributed by atoms with Gasteiger partial charge in [0.1, 0.15) is 0 Å². The van der Waals surface area contributed by atoms with Crippen LogP contribution in [0, 0.1) is 0 Å². The summed E-state index contributed by atoms with van der Waals surface area (Å²) < 4.78 is 2.21. The first kappa shape index (κ1) is 18.4. The molecule has 1 atom stereocenters. The second-order valence-corrected chi connectivity index (χ2v) is 8.43. The van der Waals surface area contributed by atoms with Gasteiger partial charge >= 0.3 is 0 Å². The molecular formula is C25H29N3O. The summed E-state index contributed by atoms with van der Waals surface area (Å²) in [5, 5.41) is 5.58. The van der Waals surface area contributed by atoms with Gasteiger partial charge in [0, 0.05) is 49.2 Å². The number of hydrogen-bond donors (Lipinski definition) is 0. The molecule has 1 unspecified atom stereocenters. The number of aryl methyl sites for hydroxylation is 1. The summed E-state index contributed by atoms with van der Waals surface area (Å²) in [7, 11) is 2.09. The molecule has 2 aliphatic heterocycles. The Balaban J connectivity index is 1.49. The van der Waals surface area contributed by atoms with Gasteiger partial charge in [0.15, 0.2) is 0 Å². The Morgan fingerprint density at radius 1 is 0.931 bits per heavy atom. The van der Waals surface area contributed by atoms with Crippen molar-refractivity contribution >= 4 is 16.8 Å². The van der Waals surface area contributed by atoms with Gasteiger partial charge in [-0.2, -0.15) is 0 Å². The third-order valence-electron chi connectivity index (χ3n) is 6.71. The number of nitrogens with zero attached hydrogens (tertiary/aromatic N) is 3. The van der Waals surface area contributed by atoms with E-state index in [1.165, 1.54) is 24.1 Å². The van der Waals surface area contributed by atoms with Gasteiger partial charge in [0.05, 0.1) is 5.56 Å². The third kappa shape index (κ3) is 3.25. The number of carbonyl (C=O) groups excluding carboxylic acids is 1. The molecule has 0 aliphatic carbocycles. The number of para-hydroxylation sites is 1. The lowest BCUT2D eigenvalue weighted by Gasteiger charge is -2.41. The maximum atomic E-state index is 13.7. The van der Waals surface area contributed by atoms with Gasteiger partial charge in [0.2, 0.25) is 0 Å². The van der Waals surface area contributed by atoms with Gasteiger partial charge in [-0.05, 0) is 30.9 Å². The number of rotatable bonds is 3. The van der Waals surface area contributed by atoms with E-state index in [0.29, 0.717) is 6.04 Å². The van der Waals surface area contributed by atoms with Crippen LogP contribution in [0.3, 0.4) is 0 Å². The summed E-state index contributed by atoms with van der Waals surface area (Å²) >= 11 is 0. The standard InChI is InChI=1S/C25H29N3O/c1-26-22-14-8-7-13-21(22)24-23(26)15-17-28(25(24)29)27-16-9-3-6-12-20(27)18-19-10-4-2-5-11-19/h2,4-5,7-8,10-11,13-14,20H,3,6,9,12,15-18H2,1H3. The molecular weight excluding hydrogens is 358 g/mol. The molecule has 29 heavy (non-hydrogen) atoms. The highest BCUT2D eigenvalue weighted by Gasteiger charge is 2.36. The zero-order valence-electron chi connectivity index (χ0n) is 17.2. The number of amides is 1. The van der Waals surface area contributed by atoms with Gasteiger partial charge in [-0.1, -0.05) is 61.4 Å². The summed E-state index contributed by atoms with van der Waals surface area (Å²) in [6.45, 7) is 1.75. The number of benzene rings is 2. The van der Waals surface area contributed by atoms with Gasteiger partial charge in [-0.3, -0.25) is 9.80 Å². The zero-order valence-corrected chi connectivity index (χ0v) is 17.2. The summed E-state index contributed by atoms with van der Waals surface area (Å²) in [6, 6.07) is 19.4. The molecule has 3 aromatic rings. The largest absolute Gasteiger partial charge is 0.347 e. The topological polar surface area (TPSA) is 28.5 Å². The van der Waals surface area contributed by atoms with E-state index >= 15 is 0 Å². The smallest absolute Gasteiger partial charge is 0.270 e. The molecule has 1 aromatic heterocycles. The first-order chi connectivity index (χ1) is 14.2. The molecule has 0 saturated carbocycles. The molecule has 0 radical (unpaired) electrons. The van der Waals surface area contributed by atoms with Crippen molar-refractivity contribution in [3.63, 3.8) is 0 Å². The van der Waals surface area contributed by atoms with Gasteiger partial charge < -0.3 is 4.57 Å². The number of carbonyl (C=O) groups is 1. The van der Waals surface area contributed by atoms with Crippen molar-refractivity contribution in [2.24, 2.45) is 7.05 Å². The number of hydrazine groups is 1. The Hall–Kier alpha value is -2.59. The first-order valence-corrected chi connectivity index (χ1v) is 10.9. The maximum absolute atomic E-state index is 13.7. The molecule has 4 heteroatoms. The number of hydrogen-bond acceptors (Lipinski definition) is 2. The minimum absolute atomic E-state index is 0.183. The molecule has 0 spiro atoms. The van der Waals surface area contributed by atoms with Crippen LogP contribution in [0.2, 0.25) is 0 Å². The molecule has 1 amide bonds. The lowest BCUT2D eigenvalue weighted by molar-refractivity contribution is -0.0395. The number of fused-ring (bicyclic) bond motifs is 3. The van der Waals surface area contributed by atoms with Crippen LogP contribution in [-0.4, -0.2) is 39.6 Å². The molecule has 1 fully saturated rings. The van der Waals surface area contributed by atoms with Crippen LogP contribution in [0.5, 0.6) is 0 Å². The van der Waals surface area contributed by atoms with E-state index in [9.17, 15) is 4.79 Å². The van der Waals surface area contributed by atoms with Crippen molar-refractivity contribution in [3.8, 4) is 0 Å². The van der Waals surface area contributed by atoms with E-state index in [-0.39, 0.29) is 5.91 Å². The van der Waals surface area contributed by atoms with Crippen LogP contribution in [0.1, 0.15) is 47.3 Å². The highest BCUT2D eigenvalue weighted by molar-refractivity contribution is 6.09. The second kappa shape index (κ2) is 7.68. The maximum Gasteiger partial charge on any atom is 0.270 e. The van der Waals surface area contributed by atoms with Crippen molar-refractivity contribution in [1.82, 2.24) is 14.6 Å². The lowest BCUT2D eigenvalue weighted by Crippen LogP contribution is -2.54. The molecule has 150 valence electrons. The fraction of sp³-hybridized carbons (Fsp3) is 0.400. The van der Waals surface area contributed by atoms with E-state index in [1.54, 1.807) is 0 Å². The average molecular weight is 388 g/mol. The molecule has 1 saturated heterocycles. The minimum Gasteiger partial charge on any atom is -0.347 e. The Kier molecular flexibility index (Phi) is 4.88. The van der Waals surface area contributed by atoms with Crippen LogP contribution >= 0.6 is 0 Å². The Morgan fingerprint density at radius 3 is 2.59 bits per heavy atom. The predicted molar refractivity (Wildman–Crippen MR) is 117 cm³/mol. The third-order valence-corrected chi connectivity index (χ3v) is 6.71. The van der Waals surface area contributed by atoms with Gasteiger partial charge in [-0.25, -0.2) is 5.01 Å². The minimum atomic E-state index is 0.183. The molecule has 2 aliphatic rings. The zero-order chi connectivity index (χ0) is 19.8. The van der Waals surface area contributed by atoms with Gasteiger partial charge in [0.25, 0.3) is 5.91 Å². The van der Waals surface area contributed by atoms with E-state index in [4.69, 9.17) is 0 Å². The van der Waals surface area contributed by atoms with E-state index in [1.807, 2.05) is 6.07 Å². The highest BCUT2D eigenvalue weighted by Crippen LogP contribution is 2.32. The highest BCUT2D eigenvalue weighted by atomic mass is 16.2. The van der Waals surface area contributed by atoms with Crippen molar-refractivity contribution in [2.75, 3.05) is 13.1 Å². The van der Waals surface area contributed by atoms with Crippen molar-refractivity contribution in [3.05, 3.63) is 71.4 Å². The molecule has 5 rings (SSSR count). The van der Waals surface area contributed by atoms with Crippen LogP contribution < -0.4 is 0 Å². The van der Waals surface area contributed by atoms with E-state index in [0.717, 1.165) is 55.2 Å². The van der Waals surface area contributed by atoms with Crippen LogP contribution in [0.4, 0.5) is 0 Å². The molecule has 2 aromatic carbocycles. The van der Waals surface area contributed by atoms with Crippen molar-refractivity contribution in [2.45, 2.75) is 44.6 Å². The normalized spacial score (nSPS) is 20.7. The van der Waals surface area contributed by atoms with Gasteiger partial charge in [-0.15, -0.1) is 0 Å². The van der Waals surface area contributed by atoms with Crippen LogP contribution in [0.25, 0.3) is 10.9 Å². The summed E-state index contributed by atoms with van der Waals surface area (Å²) in [6.07, 6.45) is 6.74. The summed E-state index contributed by atoms with van der Waals surface area (Å²) in [5.41, 5.74) is 4.61. The fourth-order valence-corrected chi connectivity index (χ4v) is 5.24. The Bertz CT molecular complexity index is 1020. The number of aromatic nitrogens is 1. The monoisotopic (exact) mass is 387 g/mol. The SMILES string of the molecule is Cn1c2c(c3ccccc31)C(=O)N(N1CCCCCC1Cc1ccccc1)CC2. The summed E-state index contributed by atoms with van der Waals surface area (Å²) in [4.78, 5) is 13.7. The molecule has 0 bridgehead atoms. The molecule has 4 nitrogen and oxygen atoms in total. The predicted octanol–water partition coefficient (Wildman–Crippen LogP) is 4.58. The second-order valence-electron chi connectivity index (χ2n) is 8.43. The Labute approximate surface area is 172 Å². The van der Waals surface area contributed by atoms with E-state index in [2.05, 4.69) is 70.2 Å². The first-order valence-electron chi connectivity index (χ1n) is 10.9. The molecule has 0 N–H and O–H groups in total. The van der Waals surface area contributed by atoms with Crippen LogP contribution in [0.15, 0.2) is 54.6 Å².